The second-order valence-corrected chi connectivity index (χ2v) is 6.64. The van der Waals surface area contributed by atoms with Gasteiger partial charge in [0.15, 0.2) is 0 Å². The zero-order valence-electron chi connectivity index (χ0n) is 15.9. The maximum atomic E-state index is 12.7. The predicted molar refractivity (Wildman–Crippen MR) is 108 cm³/mol. The molecule has 0 saturated heterocycles. The minimum Gasteiger partial charge on any atom is -0.497 e. The summed E-state index contributed by atoms with van der Waals surface area (Å²) < 4.78 is 5.20. The molecule has 1 N–H and O–H groups in total. The van der Waals surface area contributed by atoms with Crippen molar-refractivity contribution in [2.45, 2.75) is 33.2 Å². The molecule has 1 heterocycles. The number of aromatic amines is 1. The van der Waals surface area contributed by atoms with Gasteiger partial charge in [-0.3, -0.25) is 9.59 Å². The van der Waals surface area contributed by atoms with E-state index in [-0.39, 0.29) is 18.0 Å². The highest BCUT2D eigenvalue weighted by Gasteiger charge is 2.17. The summed E-state index contributed by atoms with van der Waals surface area (Å²) in [5.41, 5.74) is 3.06. The van der Waals surface area contributed by atoms with Crippen LogP contribution in [0.2, 0.25) is 0 Å². The topological polar surface area (TPSA) is 62.4 Å². The molecule has 0 atom stereocenters. The van der Waals surface area contributed by atoms with Gasteiger partial charge in [-0.15, -0.1) is 0 Å². The van der Waals surface area contributed by atoms with E-state index in [9.17, 15) is 9.59 Å². The third-order valence-electron chi connectivity index (χ3n) is 4.55. The monoisotopic (exact) mass is 364 g/mol. The van der Waals surface area contributed by atoms with Crippen molar-refractivity contribution in [3.8, 4) is 5.75 Å². The van der Waals surface area contributed by atoms with Gasteiger partial charge < -0.3 is 14.6 Å². The number of carbonyl (C=O) groups is 1. The van der Waals surface area contributed by atoms with Crippen molar-refractivity contribution < 1.29 is 9.53 Å². The van der Waals surface area contributed by atoms with E-state index in [1.807, 2.05) is 62.4 Å². The average molecular weight is 364 g/mol. The summed E-state index contributed by atoms with van der Waals surface area (Å²) in [7, 11) is 1.60. The minimum absolute atomic E-state index is 0.00796. The van der Waals surface area contributed by atoms with Crippen LogP contribution in [0.5, 0.6) is 5.75 Å². The molecule has 1 amide bonds. The Morgan fingerprint density at radius 1 is 1.11 bits per heavy atom. The maximum absolute atomic E-state index is 12.7. The van der Waals surface area contributed by atoms with E-state index in [0.717, 1.165) is 34.3 Å². The molecule has 5 heteroatoms. The predicted octanol–water partition coefficient (Wildman–Crippen LogP) is 4.18. The van der Waals surface area contributed by atoms with Crippen LogP contribution in [0, 0.1) is 6.92 Å². The highest BCUT2D eigenvalue weighted by molar-refractivity contribution is 5.93. The van der Waals surface area contributed by atoms with Gasteiger partial charge in [-0.05, 0) is 61.2 Å². The number of nitrogens with zero attached hydrogens (tertiary/aromatic N) is 1. The number of rotatable bonds is 6. The Morgan fingerprint density at radius 3 is 2.52 bits per heavy atom. The normalized spacial score (nSPS) is 10.8. The Bertz CT molecular complexity index is 1010. The number of pyridine rings is 1. The number of carbonyl (C=O) groups excluding carboxylic acids is 1. The van der Waals surface area contributed by atoms with Crippen molar-refractivity contribution in [3.05, 3.63) is 70.0 Å². The Kier molecular flexibility index (Phi) is 5.60. The highest BCUT2D eigenvalue weighted by Crippen LogP contribution is 2.22. The molecule has 27 heavy (non-hydrogen) atoms. The molecular formula is C22H24N2O3. The standard InChI is InChI=1S/C22H24N2O3/c1-4-5-21(25)24(18-7-9-19(27-3)10-8-18)14-17-13-16-12-15(2)6-11-20(16)23-22(17)26/h6-13H,4-5,14H2,1-3H3,(H,23,26). The number of hydrogen-bond donors (Lipinski definition) is 1. The zero-order chi connectivity index (χ0) is 19.4. The van der Waals surface area contributed by atoms with Crippen LogP contribution in [-0.2, 0) is 11.3 Å². The van der Waals surface area contributed by atoms with Crippen molar-refractivity contribution >= 4 is 22.5 Å². The first-order chi connectivity index (χ1) is 13.0. The molecule has 0 fully saturated rings. The summed E-state index contributed by atoms with van der Waals surface area (Å²) in [4.78, 5) is 29.8. The number of ether oxygens (including phenoxy) is 1. The van der Waals surface area contributed by atoms with Crippen LogP contribution >= 0.6 is 0 Å². The second kappa shape index (κ2) is 8.08. The van der Waals surface area contributed by atoms with Crippen molar-refractivity contribution in [1.29, 1.82) is 0 Å². The number of hydrogen-bond acceptors (Lipinski definition) is 3. The molecule has 0 saturated carbocycles. The average Bonchev–Trinajstić information content (AvgIpc) is 2.67. The summed E-state index contributed by atoms with van der Waals surface area (Å²) in [6, 6.07) is 15.1. The first kappa shape index (κ1) is 18.7. The molecule has 0 spiro atoms. The fourth-order valence-electron chi connectivity index (χ4n) is 3.09. The smallest absolute Gasteiger partial charge is 0.253 e. The first-order valence-electron chi connectivity index (χ1n) is 9.09. The van der Waals surface area contributed by atoms with Crippen LogP contribution in [0.1, 0.15) is 30.9 Å². The van der Waals surface area contributed by atoms with Gasteiger partial charge in [-0.2, -0.15) is 0 Å². The van der Waals surface area contributed by atoms with Gasteiger partial charge in [0.1, 0.15) is 5.75 Å². The Morgan fingerprint density at radius 2 is 1.85 bits per heavy atom. The van der Waals surface area contributed by atoms with Crippen molar-refractivity contribution in [2.75, 3.05) is 12.0 Å². The third kappa shape index (κ3) is 4.19. The molecule has 3 rings (SSSR count). The van der Waals surface area contributed by atoms with Gasteiger partial charge in [-0.1, -0.05) is 18.6 Å². The lowest BCUT2D eigenvalue weighted by molar-refractivity contribution is -0.118. The number of aromatic nitrogens is 1. The Balaban J connectivity index is 2.00. The Labute approximate surface area is 158 Å². The van der Waals surface area contributed by atoms with Crippen LogP contribution in [0.15, 0.2) is 53.3 Å². The van der Waals surface area contributed by atoms with Crippen molar-refractivity contribution in [3.63, 3.8) is 0 Å². The molecule has 0 aliphatic heterocycles. The fraction of sp³-hybridized carbons (Fsp3) is 0.273. The molecule has 5 nitrogen and oxygen atoms in total. The van der Waals surface area contributed by atoms with E-state index in [4.69, 9.17) is 4.74 Å². The van der Waals surface area contributed by atoms with Gasteiger partial charge >= 0.3 is 0 Å². The van der Waals surface area contributed by atoms with E-state index in [1.165, 1.54) is 0 Å². The molecule has 2 aromatic carbocycles. The number of anilines is 1. The molecule has 0 radical (unpaired) electrons. The molecule has 0 aliphatic carbocycles. The van der Waals surface area contributed by atoms with Crippen LogP contribution in [-0.4, -0.2) is 18.0 Å². The fourth-order valence-corrected chi connectivity index (χ4v) is 3.09. The van der Waals surface area contributed by atoms with E-state index >= 15 is 0 Å². The van der Waals surface area contributed by atoms with E-state index in [1.54, 1.807) is 12.0 Å². The number of aryl methyl sites for hydroxylation is 1. The molecule has 0 unspecified atom stereocenters. The summed E-state index contributed by atoms with van der Waals surface area (Å²) in [6.45, 7) is 4.21. The molecule has 0 aliphatic rings. The quantitative estimate of drug-likeness (QED) is 0.714. The first-order valence-corrected chi connectivity index (χ1v) is 9.09. The lowest BCUT2D eigenvalue weighted by Gasteiger charge is -2.23. The van der Waals surface area contributed by atoms with Gasteiger partial charge in [0.05, 0.1) is 13.7 Å². The SMILES string of the molecule is CCCC(=O)N(Cc1cc2cc(C)ccc2[nH]c1=O)c1ccc(OC)cc1. The largest absolute Gasteiger partial charge is 0.497 e. The molecular weight excluding hydrogens is 340 g/mol. The number of amides is 1. The number of nitrogens with one attached hydrogen (secondary N) is 1. The van der Waals surface area contributed by atoms with Crippen molar-refractivity contribution in [1.82, 2.24) is 4.98 Å². The van der Waals surface area contributed by atoms with E-state index < -0.39 is 0 Å². The van der Waals surface area contributed by atoms with Gasteiger partial charge in [0.2, 0.25) is 5.91 Å². The van der Waals surface area contributed by atoms with E-state index in [0.29, 0.717) is 12.0 Å². The summed E-state index contributed by atoms with van der Waals surface area (Å²) in [6.07, 6.45) is 1.18. The van der Waals surface area contributed by atoms with E-state index in [2.05, 4.69) is 4.98 Å². The summed E-state index contributed by atoms with van der Waals surface area (Å²) in [5.74, 6) is 0.715. The molecule has 1 aromatic heterocycles. The third-order valence-corrected chi connectivity index (χ3v) is 4.55. The number of benzene rings is 2. The molecule has 140 valence electrons. The summed E-state index contributed by atoms with van der Waals surface area (Å²) >= 11 is 0. The number of H-pyrrole nitrogens is 1. The molecule has 0 bridgehead atoms. The minimum atomic E-state index is -0.172. The van der Waals surface area contributed by atoms with Gasteiger partial charge in [-0.25, -0.2) is 0 Å². The summed E-state index contributed by atoms with van der Waals surface area (Å²) in [5, 5.41) is 0.960. The second-order valence-electron chi connectivity index (χ2n) is 6.64. The number of fused-ring (bicyclic) bond motifs is 1. The zero-order valence-corrected chi connectivity index (χ0v) is 15.9. The lowest BCUT2D eigenvalue weighted by Crippen LogP contribution is -2.32. The highest BCUT2D eigenvalue weighted by atomic mass is 16.5. The molecule has 3 aromatic rings. The number of methoxy groups -OCH3 is 1. The van der Waals surface area contributed by atoms with Crippen LogP contribution in [0.3, 0.4) is 0 Å². The Hall–Kier alpha value is -3.08. The van der Waals surface area contributed by atoms with Crippen LogP contribution in [0.25, 0.3) is 10.9 Å². The van der Waals surface area contributed by atoms with Crippen molar-refractivity contribution in [2.24, 2.45) is 0 Å². The van der Waals surface area contributed by atoms with Gasteiger partial charge in [0, 0.05) is 23.2 Å². The van der Waals surface area contributed by atoms with Crippen LogP contribution in [0.4, 0.5) is 5.69 Å². The van der Waals surface area contributed by atoms with Gasteiger partial charge in [0.25, 0.3) is 5.56 Å². The lowest BCUT2D eigenvalue weighted by atomic mass is 10.1. The maximum Gasteiger partial charge on any atom is 0.253 e. The van der Waals surface area contributed by atoms with Crippen LogP contribution < -0.4 is 15.2 Å².